The van der Waals surface area contributed by atoms with Gasteiger partial charge < -0.3 is 10.0 Å². The quantitative estimate of drug-likeness (QED) is 0.732. The van der Waals surface area contributed by atoms with Crippen molar-refractivity contribution < 1.29 is 14.7 Å². The second-order valence-corrected chi connectivity index (χ2v) is 4.58. The number of aliphatic carboxylic acids is 1. The third-order valence-corrected chi connectivity index (χ3v) is 2.20. The van der Waals surface area contributed by atoms with Gasteiger partial charge in [-0.15, -0.1) is 0 Å². The first-order valence-corrected chi connectivity index (χ1v) is 5.28. The Balaban J connectivity index is 3.95. The molecule has 1 N–H and O–H groups in total. The van der Waals surface area contributed by atoms with Gasteiger partial charge in [-0.2, -0.15) is 0 Å². The zero-order valence-electron chi connectivity index (χ0n) is 9.99. The highest BCUT2D eigenvalue weighted by Gasteiger charge is 2.15. The molecule has 0 aromatic heterocycles. The summed E-state index contributed by atoms with van der Waals surface area (Å²) in [6.07, 6.45) is 1.43. The zero-order chi connectivity index (χ0) is 12.0. The minimum atomic E-state index is -0.970. The standard InChI is InChI=1S/C11H21NO3/c1-8(2)5-9(3)6-10(13)12(4)7-11(14)15/h8-9H,5-7H2,1-4H3,(H,14,15). The Morgan fingerprint density at radius 2 is 1.80 bits per heavy atom. The molecule has 0 radical (unpaired) electrons. The Bertz CT molecular complexity index is 226. The molecule has 1 atom stereocenters. The fourth-order valence-corrected chi connectivity index (χ4v) is 1.63. The number of carboxylic acid groups (broad SMARTS) is 1. The molecule has 88 valence electrons. The first kappa shape index (κ1) is 13.9. The number of carbonyl (C=O) groups excluding carboxylic acids is 1. The van der Waals surface area contributed by atoms with E-state index in [1.54, 1.807) is 0 Å². The summed E-state index contributed by atoms with van der Waals surface area (Å²) in [7, 11) is 1.53. The van der Waals surface area contributed by atoms with Gasteiger partial charge in [-0.25, -0.2) is 0 Å². The van der Waals surface area contributed by atoms with E-state index in [-0.39, 0.29) is 12.5 Å². The van der Waals surface area contributed by atoms with Gasteiger partial charge in [0.1, 0.15) is 6.54 Å². The minimum absolute atomic E-state index is 0.0921. The molecule has 0 aliphatic rings. The molecule has 0 saturated heterocycles. The Morgan fingerprint density at radius 3 is 2.20 bits per heavy atom. The van der Waals surface area contributed by atoms with Crippen molar-refractivity contribution in [2.75, 3.05) is 13.6 Å². The van der Waals surface area contributed by atoms with E-state index in [4.69, 9.17) is 5.11 Å². The van der Waals surface area contributed by atoms with E-state index in [0.29, 0.717) is 18.3 Å². The van der Waals surface area contributed by atoms with Crippen molar-refractivity contribution in [2.45, 2.75) is 33.6 Å². The third-order valence-electron chi connectivity index (χ3n) is 2.20. The predicted molar refractivity (Wildman–Crippen MR) is 58.5 cm³/mol. The molecule has 4 nitrogen and oxygen atoms in total. The van der Waals surface area contributed by atoms with Crippen molar-refractivity contribution in [1.82, 2.24) is 4.90 Å². The van der Waals surface area contributed by atoms with Crippen molar-refractivity contribution >= 4 is 11.9 Å². The summed E-state index contributed by atoms with van der Waals surface area (Å²) in [5.41, 5.74) is 0. The van der Waals surface area contributed by atoms with Crippen LogP contribution in [0, 0.1) is 11.8 Å². The van der Waals surface area contributed by atoms with Gasteiger partial charge in [0.25, 0.3) is 0 Å². The number of rotatable bonds is 6. The molecule has 4 heteroatoms. The summed E-state index contributed by atoms with van der Waals surface area (Å²) in [6, 6.07) is 0. The predicted octanol–water partition coefficient (Wildman–Crippen LogP) is 1.60. The van der Waals surface area contributed by atoms with Crippen LogP contribution in [0.4, 0.5) is 0 Å². The first-order chi connectivity index (χ1) is 6.82. The van der Waals surface area contributed by atoms with Crippen LogP contribution in [0.25, 0.3) is 0 Å². The number of likely N-dealkylation sites (N-methyl/N-ethyl adjacent to an activating group) is 1. The average Bonchev–Trinajstić information content (AvgIpc) is 2.00. The lowest BCUT2D eigenvalue weighted by atomic mass is 9.95. The van der Waals surface area contributed by atoms with Crippen molar-refractivity contribution in [3.63, 3.8) is 0 Å². The van der Waals surface area contributed by atoms with E-state index in [2.05, 4.69) is 13.8 Å². The van der Waals surface area contributed by atoms with Gasteiger partial charge in [0.05, 0.1) is 0 Å². The number of nitrogens with zero attached hydrogens (tertiary/aromatic N) is 1. The molecule has 0 aromatic carbocycles. The van der Waals surface area contributed by atoms with Crippen LogP contribution in [0.3, 0.4) is 0 Å². The van der Waals surface area contributed by atoms with Gasteiger partial charge in [-0.05, 0) is 18.3 Å². The number of carboxylic acids is 1. The van der Waals surface area contributed by atoms with E-state index >= 15 is 0 Å². The topological polar surface area (TPSA) is 57.6 Å². The van der Waals surface area contributed by atoms with Crippen LogP contribution < -0.4 is 0 Å². The van der Waals surface area contributed by atoms with Crippen LogP contribution >= 0.6 is 0 Å². The highest BCUT2D eigenvalue weighted by Crippen LogP contribution is 2.15. The Kier molecular flexibility index (Phi) is 5.97. The number of amides is 1. The largest absolute Gasteiger partial charge is 0.480 e. The lowest BCUT2D eigenvalue weighted by molar-refractivity contribution is -0.143. The normalized spacial score (nSPS) is 12.6. The van der Waals surface area contributed by atoms with Crippen molar-refractivity contribution in [1.29, 1.82) is 0 Å². The average molecular weight is 215 g/mol. The molecule has 0 aliphatic carbocycles. The molecule has 1 amide bonds. The summed E-state index contributed by atoms with van der Waals surface area (Å²) in [5, 5.41) is 8.52. The number of hydrogen-bond donors (Lipinski definition) is 1. The van der Waals surface area contributed by atoms with Crippen molar-refractivity contribution in [3.8, 4) is 0 Å². The van der Waals surface area contributed by atoms with Crippen molar-refractivity contribution in [3.05, 3.63) is 0 Å². The minimum Gasteiger partial charge on any atom is -0.480 e. The maximum atomic E-state index is 11.5. The molecule has 0 bridgehead atoms. The van der Waals surface area contributed by atoms with Gasteiger partial charge >= 0.3 is 5.97 Å². The maximum Gasteiger partial charge on any atom is 0.323 e. The molecule has 0 saturated carbocycles. The Morgan fingerprint density at radius 1 is 1.27 bits per heavy atom. The molecular formula is C11H21NO3. The highest BCUT2D eigenvalue weighted by atomic mass is 16.4. The Labute approximate surface area is 91.3 Å². The highest BCUT2D eigenvalue weighted by molar-refractivity contribution is 5.81. The second-order valence-electron chi connectivity index (χ2n) is 4.58. The van der Waals surface area contributed by atoms with E-state index in [1.807, 2.05) is 6.92 Å². The molecule has 0 spiro atoms. The molecule has 15 heavy (non-hydrogen) atoms. The van der Waals surface area contributed by atoms with Gasteiger partial charge in [0.2, 0.25) is 5.91 Å². The summed E-state index contributed by atoms with van der Waals surface area (Å²) < 4.78 is 0. The van der Waals surface area contributed by atoms with Crippen LogP contribution in [0.15, 0.2) is 0 Å². The summed E-state index contributed by atoms with van der Waals surface area (Å²) in [5.74, 6) is -0.181. The summed E-state index contributed by atoms with van der Waals surface area (Å²) in [6.45, 7) is 6.03. The lowest BCUT2D eigenvalue weighted by Crippen LogP contribution is -2.32. The molecule has 0 aliphatic heterocycles. The number of carbonyl (C=O) groups is 2. The van der Waals surface area contributed by atoms with Crippen LogP contribution in [-0.4, -0.2) is 35.5 Å². The van der Waals surface area contributed by atoms with E-state index in [0.717, 1.165) is 6.42 Å². The fourth-order valence-electron chi connectivity index (χ4n) is 1.63. The molecule has 0 heterocycles. The SMILES string of the molecule is CC(C)CC(C)CC(=O)N(C)CC(=O)O. The zero-order valence-corrected chi connectivity index (χ0v) is 9.99. The summed E-state index contributed by atoms with van der Waals surface area (Å²) in [4.78, 5) is 23.2. The van der Waals surface area contributed by atoms with E-state index in [1.165, 1.54) is 11.9 Å². The van der Waals surface area contributed by atoms with Gasteiger partial charge in [-0.3, -0.25) is 9.59 Å². The second kappa shape index (κ2) is 6.43. The first-order valence-electron chi connectivity index (χ1n) is 5.28. The summed E-state index contributed by atoms with van der Waals surface area (Å²) >= 11 is 0. The smallest absolute Gasteiger partial charge is 0.323 e. The van der Waals surface area contributed by atoms with Crippen LogP contribution in [0.5, 0.6) is 0 Å². The fraction of sp³-hybridized carbons (Fsp3) is 0.818. The van der Waals surface area contributed by atoms with Gasteiger partial charge in [0, 0.05) is 13.5 Å². The molecule has 0 fully saturated rings. The third kappa shape index (κ3) is 6.94. The van der Waals surface area contributed by atoms with E-state index < -0.39 is 5.97 Å². The van der Waals surface area contributed by atoms with Crippen LogP contribution in [-0.2, 0) is 9.59 Å². The molecule has 0 rings (SSSR count). The van der Waals surface area contributed by atoms with Crippen molar-refractivity contribution in [2.24, 2.45) is 11.8 Å². The van der Waals surface area contributed by atoms with Crippen LogP contribution in [0.1, 0.15) is 33.6 Å². The monoisotopic (exact) mass is 215 g/mol. The Hall–Kier alpha value is -1.06. The van der Waals surface area contributed by atoms with E-state index in [9.17, 15) is 9.59 Å². The van der Waals surface area contributed by atoms with Gasteiger partial charge in [0.15, 0.2) is 0 Å². The molecule has 0 aromatic rings. The maximum absolute atomic E-state index is 11.5. The molecule has 1 unspecified atom stereocenters. The van der Waals surface area contributed by atoms with Gasteiger partial charge in [-0.1, -0.05) is 20.8 Å². The molecular weight excluding hydrogens is 194 g/mol. The number of hydrogen-bond acceptors (Lipinski definition) is 2. The van der Waals surface area contributed by atoms with Crippen LogP contribution in [0.2, 0.25) is 0 Å². The lowest BCUT2D eigenvalue weighted by Gasteiger charge is -2.18.